The van der Waals surface area contributed by atoms with E-state index in [0.29, 0.717) is 77.4 Å². The first-order valence-corrected chi connectivity index (χ1v) is 29.9. The molecule has 0 radical (unpaired) electrons. The Balaban J connectivity index is 0.000000135. The van der Waals surface area contributed by atoms with Gasteiger partial charge in [0.2, 0.25) is 0 Å². The Morgan fingerprint density at radius 3 is 1.55 bits per heavy atom. The van der Waals surface area contributed by atoms with Gasteiger partial charge >= 0.3 is 0 Å². The number of likely N-dealkylation sites (tertiary alicyclic amines) is 2. The van der Waals surface area contributed by atoms with E-state index in [-0.39, 0.29) is 53.7 Å². The molecule has 88 heavy (non-hydrogen) atoms. The number of rotatable bonds is 11. The van der Waals surface area contributed by atoms with Crippen LogP contribution in [0, 0.1) is 17.8 Å². The van der Waals surface area contributed by atoms with Crippen molar-refractivity contribution in [3.05, 3.63) is 182 Å². The number of aliphatic hydroxyl groups excluding tert-OH is 1. The largest absolute Gasteiger partial charge is 0.472 e. The number of nitrogens with zero attached hydrogens (tertiary/aromatic N) is 15. The number of H-pyrrole nitrogens is 3. The van der Waals surface area contributed by atoms with Crippen LogP contribution in [0.2, 0.25) is 0 Å². The van der Waals surface area contributed by atoms with Gasteiger partial charge in [-0.3, -0.25) is 24.2 Å². The second-order valence-electron chi connectivity index (χ2n) is 22.6. The van der Waals surface area contributed by atoms with E-state index in [0.717, 1.165) is 114 Å². The smallest absolute Gasteiger partial charge is 0.276 e. The molecule has 14 heterocycles. The number of furan rings is 1. The Bertz CT molecular complexity index is 4000. The van der Waals surface area contributed by atoms with Crippen LogP contribution in [0.1, 0.15) is 117 Å². The molecular weight excluding hydrogens is 1150 g/mol. The molecule has 5 fully saturated rings. The molecule has 27 heteroatoms. The molecule has 0 aliphatic carbocycles. The first-order chi connectivity index (χ1) is 42.5. The zero-order chi connectivity index (χ0) is 60.4. The van der Waals surface area contributed by atoms with Gasteiger partial charge in [0.1, 0.15) is 47.0 Å². The number of benzene rings is 1. The van der Waals surface area contributed by atoms with Gasteiger partial charge in [-0.2, -0.15) is 15.3 Å². The highest BCUT2D eigenvalue weighted by molar-refractivity contribution is 6.16. The summed E-state index contributed by atoms with van der Waals surface area (Å²) in [6, 6.07) is 15.9. The van der Waals surface area contributed by atoms with Crippen LogP contribution >= 0.6 is 11.6 Å². The van der Waals surface area contributed by atoms with Crippen LogP contribution in [-0.4, -0.2) is 166 Å². The fourth-order valence-electron chi connectivity index (χ4n) is 12.0. The van der Waals surface area contributed by atoms with Crippen LogP contribution in [0.5, 0.6) is 0 Å². The lowest BCUT2D eigenvalue weighted by atomic mass is 9.97. The summed E-state index contributed by atoms with van der Waals surface area (Å²) in [5.74, 6) is 8.55. The lowest BCUT2D eigenvalue weighted by Gasteiger charge is -2.15. The highest BCUT2D eigenvalue weighted by Gasteiger charge is 2.36. The Kier molecular flexibility index (Phi) is 20.8. The molecule has 5 N–H and O–H groups in total. The third-order valence-corrected chi connectivity index (χ3v) is 16.8. The maximum Gasteiger partial charge on any atom is 0.276 e. The number of ether oxygens (including phenoxy) is 2. The van der Waals surface area contributed by atoms with Crippen LogP contribution in [0.15, 0.2) is 123 Å². The first kappa shape index (κ1) is 62.8. The molecule has 5 aliphatic heterocycles. The molecule has 0 amide bonds. The summed E-state index contributed by atoms with van der Waals surface area (Å²) in [6.07, 6.45) is 16.7. The Labute approximate surface area is 512 Å². The van der Waals surface area contributed by atoms with Crippen molar-refractivity contribution in [1.82, 2.24) is 93.8 Å². The van der Waals surface area contributed by atoms with Crippen molar-refractivity contribution in [3.63, 3.8) is 0 Å². The molecule has 0 bridgehead atoms. The highest BCUT2D eigenvalue weighted by atomic mass is 35.5. The van der Waals surface area contributed by atoms with Gasteiger partial charge in [-0.1, -0.05) is 58.5 Å². The number of imidazole rings is 3. The van der Waals surface area contributed by atoms with Gasteiger partial charge in [-0.25, -0.2) is 48.4 Å². The molecule has 464 valence electrons. The zero-order valence-corrected chi connectivity index (χ0v) is 49.8. The van der Waals surface area contributed by atoms with Crippen LogP contribution in [0.25, 0.3) is 27.9 Å². The van der Waals surface area contributed by atoms with E-state index in [1.807, 2.05) is 18.2 Å². The third-order valence-electron chi connectivity index (χ3n) is 16.6. The van der Waals surface area contributed by atoms with Crippen molar-refractivity contribution in [1.29, 1.82) is 0 Å². The number of aliphatic hydroxyl groups is 1. The van der Waals surface area contributed by atoms with Gasteiger partial charge in [0.05, 0.1) is 56.1 Å². The summed E-state index contributed by atoms with van der Waals surface area (Å²) >= 11 is 5.40. The minimum Gasteiger partial charge on any atom is -0.472 e. The Morgan fingerprint density at radius 2 is 1.07 bits per heavy atom. The second-order valence-corrected chi connectivity index (χ2v) is 22.9. The van der Waals surface area contributed by atoms with E-state index in [4.69, 9.17) is 40.8 Å². The maximum absolute atomic E-state index is 12.6. The summed E-state index contributed by atoms with van der Waals surface area (Å²) in [4.78, 5) is 80.8. The van der Waals surface area contributed by atoms with Gasteiger partial charge in [0.15, 0.2) is 22.4 Å². The topological polar surface area (TPSA) is 311 Å². The molecule has 8 unspecified atom stereocenters. The van der Waals surface area contributed by atoms with Crippen LogP contribution in [-0.2, 0) is 28.4 Å². The Hall–Kier alpha value is -8.24. The van der Waals surface area contributed by atoms with E-state index >= 15 is 0 Å². The Morgan fingerprint density at radius 1 is 0.568 bits per heavy atom. The summed E-state index contributed by atoms with van der Waals surface area (Å²) in [6.45, 7) is 16.3. The number of hydrogen-bond acceptors (Lipinski definition) is 20. The molecule has 1 aromatic carbocycles. The summed E-state index contributed by atoms with van der Waals surface area (Å²) in [5.41, 5.74) is 3.12. The van der Waals surface area contributed by atoms with E-state index < -0.39 is 0 Å². The van der Waals surface area contributed by atoms with Gasteiger partial charge in [-0.05, 0) is 60.9 Å². The summed E-state index contributed by atoms with van der Waals surface area (Å²) in [5, 5.41) is 24.6. The predicted octanol–water partition coefficient (Wildman–Crippen LogP) is 5.56. The van der Waals surface area contributed by atoms with Crippen LogP contribution in [0.4, 0.5) is 0 Å². The quantitative estimate of drug-likeness (QED) is 0.0989. The fourth-order valence-corrected chi connectivity index (χ4v) is 12.2. The number of nitrogens with one attached hydrogen (secondary N) is 4. The molecule has 0 spiro atoms. The average molecular weight is 1220 g/mol. The standard InChI is InChI=1S/C21H21N5O2.C19H23N7O2.C14H19N5O2.C5H5ClN2.CH4O.CH4/c1-14-10-25(11-15-5-3-2-4-6-15)12-17(14)19-23-21(27)18-9-22-20(26(18)24-19)16-7-8-28-13-16;1-12-8-25(10-16-20-4-2-5-21-16)9-14(12)17-23-19(27)15-7-22-18(26(15)24-17)13-3-6-28-11-13;1-8-4-15-5-10(8)12-17-14(20)11-6-16-13(19(11)18-12)9-2-3-21-7-9;6-4-5-7-2-1-3-8-5;1-2;/h2-9,13-14,17H,10-12H2,1H3,(H,23,24,27);2,4-5,7,12-14H,3,6,8-11H2,1H3,(H,23,24,27);6,8-10,15H,2-5,7H2,1H3,(H,17,18,20);1-3H,4H2;2H,1H3;1H4. The second kappa shape index (κ2) is 29.2. The monoisotopic (exact) mass is 1220 g/mol. The minimum atomic E-state index is -0.166. The highest BCUT2D eigenvalue weighted by Crippen LogP contribution is 2.34. The van der Waals surface area contributed by atoms with Crippen molar-refractivity contribution in [3.8, 4) is 11.4 Å². The average Bonchev–Trinajstić information content (AvgIpc) is 2.77. The van der Waals surface area contributed by atoms with E-state index in [1.165, 1.54) is 5.56 Å². The molecule has 10 aromatic rings. The third kappa shape index (κ3) is 14.2. The summed E-state index contributed by atoms with van der Waals surface area (Å²) in [7, 11) is 1.00. The van der Waals surface area contributed by atoms with Crippen molar-refractivity contribution in [2.75, 3.05) is 72.8 Å². The summed E-state index contributed by atoms with van der Waals surface area (Å²) < 4.78 is 21.2. The fraction of sp³-hybridized carbons (Fsp3) is 0.459. The minimum absolute atomic E-state index is 0. The van der Waals surface area contributed by atoms with E-state index in [9.17, 15) is 14.4 Å². The molecule has 0 saturated carbocycles. The number of halogens is 1. The lowest BCUT2D eigenvalue weighted by Crippen LogP contribution is -2.24. The first-order valence-electron chi connectivity index (χ1n) is 29.4. The van der Waals surface area contributed by atoms with Crippen molar-refractivity contribution < 1.29 is 19.0 Å². The molecule has 5 saturated heterocycles. The van der Waals surface area contributed by atoms with Crippen molar-refractivity contribution in [2.45, 2.75) is 89.6 Å². The van der Waals surface area contributed by atoms with Gasteiger partial charge in [-0.15, -0.1) is 11.6 Å². The molecule has 5 aliphatic rings. The van der Waals surface area contributed by atoms with Crippen molar-refractivity contribution in [2.24, 2.45) is 17.8 Å². The number of hydrogen-bond donors (Lipinski definition) is 5. The van der Waals surface area contributed by atoms with E-state index in [1.54, 1.807) is 75.5 Å². The number of aromatic nitrogens is 16. The van der Waals surface area contributed by atoms with Gasteiger partial charge in [0.25, 0.3) is 16.7 Å². The van der Waals surface area contributed by atoms with Gasteiger partial charge < -0.3 is 39.3 Å². The van der Waals surface area contributed by atoms with Gasteiger partial charge in [0, 0.05) is 114 Å². The van der Waals surface area contributed by atoms with Crippen LogP contribution in [0.3, 0.4) is 0 Å². The van der Waals surface area contributed by atoms with E-state index in [2.05, 4.69) is 115 Å². The number of aromatic amines is 3. The normalized spacial score (nSPS) is 22.5. The SMILES string of the molecule is C.CC1CN(Cc2ccccc2)CC1c1nn2c(-c3ccoc3)ncc2c(=O)[nH]1.CC1CN(Cc2ncccn2)CC1c1nn2c(C3CCOC3)ncc2c(=O)[nH]1.CC1CNCC1c1nn2c(C3CCOC3)ncc2c(=O)[nH]1.CO.ClCc1ncccn1. The molecule has 8 atom stereocenters. The number of alkyl halides is 1. The van der Waals surface area contributed by atoms with Crippen molar-refractivity contribution >= 4 is 28.2 Å². The zero-order valence-electron chi connectivity index (χ0n) is 49.0. The maximum atomic E-state index is 12.6. The molecule has 9 aromatic heterocycles. The molecule has 26 nitrogen and oxygen atoms in total. The molecular formula is C61H76ClN19O7. The predicted molar refractivity (Wildman–Crippen MR) is 329 cm³/mol. The lowest BCUT2D eigenvalue weighted by molar-refractivity contribution is 0.193. The van der Waals surface area contributed by atoms with Crippen LogP contribution < -0.4 is 22.0 Å². The molecule has 15 rings (SSSR count). The number of fused-ring (bicyclic) bond motifs is 3.